The van der Waals surface area contributed by atoms with Gasteiger partial charge < -0.3 is 10.0 Å². The van der Waals surface area contributed by atoms with Crippen LogP contribution in [0.2, 0.25) is 0 Å². The summed E-state index contributed by atoms with van der Waals surface area (Å²) in [6.45, 7) is 0.223. The zero-order valence-electron chi connectivity index (χ0n) is 9.54. The summed E-state index contributed by atoms with van der Waals surface area (Å²) >= 11 is 0. The summed E-state index contributed by atoms with van der Waals surface area (Å²) in [4.78, 5) is 14.4. The van der Waals surface area contributed by atoms with Crippen molar-refractivity contribution in [3.05, 3.63) is 0 Å². The molecule has 0 aromatic rings. The van der Waals surface area contributed by atoms with Gasteiger partial charge in [0.25, 0.3) is 0 Å². The largest absolute Gasteiger partial charge is 0.401 e. The molecular weight excluding hydrogens is 237 g/mol. The van der Waals surface area contributed by atoms with Crippen LogP contribution in [0.5, 0.6) is 0 Å². The number of alkyl halides is 3. The summed E-state index contributed by atoms with van der Waals surface area (Å²) < 4.78 is 36.3. The first-order chi connectivity index (χ1) is 7.92. The van der Waals surface area contributed by atoms with Gasteiger partial charge in [-0.3, -0.25) is 9.69 Å². The van der Waals surface area contributed by atoms with Gasteiger partial charge in [-0.25, -0.2) is 0 Å². The number of rotatable bonds is 4. The van der Waals surface area contributed by atoms with E-state index in [0.717, 1.165) is 0 Å². The summed E-state index contributed by atoms with van der Waals surface area (Å²) in [5.74, 6) is -0.0919. The van der Waals surface area contributed by atoms with E-state index in [-0.39, 0.29) is 32.0 Å². The van der Waals surface area contributed by atoms with Crippen LogP contribution in [-0.2, 0) is 4.79 Å². The van der Waals surface area contributed by atoms with Crippen LogP contribution in [0.15, 0.2) is 0 Å². The van der Waals surface area contributed by atoms with E-state index in [9.17, 15) is 18.0 Å². The lowest BCUT2D eigenvalue weighted by molar-refractivity contribution is -0.151. The summed E-state index contributed by atoms with van der Waals surface area (Å²) in [5.41, 5.74) is 0. The van der Waals surface area contributed by atoms with Crippen LogP contribution >= 0.6 is 0 Å². The number of nitrogens with zero attached hydrogens (tertiary/aromatic N) is 2. The number of aliphatic hydroxyl groups excluding tert-OH is 1. The molecule has 0 radical (unpaired) electrons. The van der Waals surface area contributed by atoms with Crippen LogP contribution in [0.25, 0.3) is 0 Å². The molecule has 1 N–H and O–H groups in total. The van der Waals surface area contributed by atoms with Crippen molar-refractivity contribution in [1.82, 2.24) is 9.80 Å². The first kappa shape index (κ1) is 14.2. The van der Waals surface area contributed by atoms with Crippen molar-refractivity contribution in [2.75, 3.05) is 39.3 Å². The lowest BCUT2D eigenvalue weighted by Crippen LogP contribution is -2.50. The van der Waals surface area contributed by atoms with Crippen molar-refractivity contribution in [2.24, 2.45) is 0 Å². The molecule has 4 nitrogen and oxygen atoms in total. The standard InChI is InChI=1S/C10H17F3N2O2/c11-10(12,13)8-14-3-5-15(6-4-14)9(17)2-1-7-16/h16H,1-8H2. The number of piperazine rings is 1. The average molecular weight is 254 g/mol. The van der Waals surface area contributed by atoms with Crippen LogP contribution in [0, 0.1) is 0 Å². The molecule has 1 rings (SSSR count). The zero-order chi connectivity index (χ0) is 12.9. The maximum absolute atomic E-state index is 12.1. The first-order valence-corrected chi connectivity index (χ1v) is 5.60. The van der Waals surface area contributed by atoms with Crippen molar-refractivity contribution in [3.8, 4) is 0 Å². The number of hydrogen-bond acceptors (Lipinski definition) is 3. The van der Waals surface area contributed by atoms with E-state index in [4.69, 9.17) is 5.11 Å². The minimum absolute atomic E-state index is 0.0419. The van der Waals surface area contributed by atoms with Gasteiger partial charge in [-0.2, -0.15) is 13.2 Å². The van der Waals surface area contributed by atoms with E-state index < -0.39 is 12.7 Å². The molecule has 100 valence electrons. The molecule has 0 bridgehead atoms. The van der Waals surface area contributed by atoms with E-state index in [1.165, 1.54) is 4.90 Å². The zero-order valence-corrected chi connectivity index (χ0v) is 9.54. The maximum Gasteiger partial charge on any atom is 0.401 e. The van der Waals surface area contributed by atoms with Gasteiger partial charge in [0.05, 0.1) is 6.54 Å². The summed E-state index contributed by atoms with van der Waals surface area (Å²) in [6, 6.07) is 0. The number of aliphatic hydroxyl groups is 1. The van der Waals surface area contributed by atoms with Gasteiger partial charge in [-0.15, -0.1) is 0 Å². The molecule has 0 aliphatic carbocycles. The predicted octanol–water partition coefficient (Wildman–Crippen LogP) is 0.465. The fraction of sp³-hybridized carbons (Fsp3) is 0.900. The van der Waals surface area contributed by atoms with Crippen LogP contribution in [0.1, 0.15) is 12.8 Å². The lowest BCUT2D eigenvalue weighted by Gasteiger charge is -2.35. The SMILES string of the molecule is O=C(CCCO)N1CCN(CC(F)(F)F)CC1. The molecule has 0 spiro atoms. The number of carbonyl (C=O) groups excluding carboxylic acids is 1. The molecule has 1 saturated heterocycles. The van der Waals surface area contributed by atoms with Gasteiger partial charge in [-0.05, 0) is 6.42 Å². The predicted molar refractivity (Wildman–Crippen MR) is 55.4 cm³/mol. The van der Waals surface area contributed by atoms with Gasteiger partial charge in [0.1, 0.15) is 0 Å². The summed E-state index contributed by atoms with van der Waals surface area (Å²) in [6.07, 6.45) is -3.51. The Labute approximate surface area is 98.0 Å². The molecule has 1 amide bonds. The van der Waals surface area contributed by atoms with E-state index in [0.29, 0.717) is 19.5 Å². The van der Waals surface area contributed by atoms with E-state index in [2.05, 4.69) is 0 Å². The van der Waals surface area contributed by atoms with Gasteiger partial charge in [0, 0.05) is 39.2 Å². The maximum atomic E-state index is 12.1. The normalized spacial score (nSPS) is 18.5. The Balaban J connectivity index is 2.28. The highest BCUT2D eigenvalue weighted by Crippen LogP contribution is 2.17. The third kappa shape index (κ3) is 5.36. The van der Waals surface area contributed by atoms with E-state index in [1.807, 2.05) is 0 Å². The second-order valence-corrected chi connectivity index (χ2v) is 4.10. The monoisotopic (exact) mass is 254 g/mol. The number of halogens is 3. The molecule has 0 aromatic heterocycles. The lowest BCUT2D eigenvalue weighted by atomic mass is 10.2. The van der Waals surface area contributed by atoms with Gasteiger partial charge in [0.15, 0.2) is 0 Å². The molecule has 17 heavy (non-hydrogen) atoms. The summed E-state index contributed by atoms with van der Waals surface area (Å²) in [7, 11) is 0. The highest BCUT2D eigenvalue weighted by molar-refractivity contribution is 5.76. The fourth-order valence-electron chi connectivity index (χ4n) is 1.80. The third-order valence-electron chi connectivity index (χ3n) is 2.68. The van der Waals surface area contributed by atoms with Crippen molar-refractivity contribution >= 4 is 5.91 Å². The molecule has 1 fully saturated rings. The minimum atomic E-state index is -4.18. The number of carbonyl (C=O) groups is 1. The molecule has 0 atom stereocenters. The number of amides is 1. The van der Waals surface area contributed by atoms with Gasteiger partial charge in [-0.1, -0.05) is 0 Å². The highest BCUT2D eigenvalue weighted by atomic mass is 19.4. The Morgan fingerprint density at radius 3 is 2.24 bits per heavy atom. The second-order valence-electron chi connectivity index (χ2n) is 4.10. The second kappa shape index (κ2) is 6.20. The van der Waals surface area contributed by atoms with Crippen LogP contribution in [0.3, 0.4) is 0 Å². The van der Waals surface area contributed by atoms with Crippen LogP contribution < -0.4 is 0 Å². The molecule has 0 aromatic carbocycles. The Hall–Kier alpha value is -0.820. The van der Waals surface area contributed by atoms with Crippen molar-refractivity contribution in [2.45, 2.75) is 19.0 Å². The highest BCUT2D eigenvalue weighted by Gasteiger charge is 2.32. The van der Waals surface area contributed by atoms with Crippen LogP contribution in [-0.4, -0.2) is 66.3 Å². The number of hydrogen-bond donors (Lipinski definition) is 1. The quantitative estimate of drug-likeness (QED) is 0.793. The Morgan fingerprint density at radius 2 is 1.76 bits per heavy atom. The average Bonchev–Trinajstić information content (AvgIpc) is 2.24. The molecule has 1 aliphatic rings. The van der Waals surface area contributed by atoms with Crippen molar-refractivity contribution in [3.63, 3.8) is 0 Å². The molecule has 1 aliphatic heterocycles. The van der Waals surface area contributed by atoms with Crippen molar-refractivity contribution < 1.29 is 23.1 Å². The smallest absolute Gasteiger partial charge is 0.396 e. The molecule has 0 unspecified atom stereocenters. The van der Waals surface area contributed by atoms with Gasteiger partial charge in [0.2, 0.25) is 5.91 Å². The summed E-state index contributed by atoms with van der Waals surface area (Å²) in [5, 5.41) is 8.58. The molecule has 7 heteroatoms. The Morgan fingerprint density at radius 1 is 1.18 bits per heavy atom. The first-order valence-electron chi connectivity index (χ1n) is 5.60. The molecule has 0 saturated carbocycles. The molecule has 1 heterocycles. The van der Waals surface area contributed by atoms with E-state index in [1.54, 1.807) is 4.90 Å². The topological polar surface area (TPSA) is 43.8 Å². The Kier molecular flexibility index (Phi) is 5.20. The van der Waals surface area contributed by atoms with Crippen molar-refractivity contribution in [1.29, 1.82) is 0 Å². The minimum Gasteiger partial charge on any atom is -0.396 e. The fourth-order valence-corrected chi connectivity index (χ4v) is 1.80. The third-order valence-corrected chi connectivity index (χ3v) is 2.68. The Bertz CT molecular complexity index is 250. The van der Waals surface area contributed by atoms with Gasteiger partial charge >= 0.3 is 6.18 Å². The van der Waals surface area contributed by atoms with E-state index >= 15 is 0 Å². The van der Waals surface area contributed by atoms with Crippen LogP contribution in [0.4, 0.5) is 13.2 Å². The molecular formula is C10H17F3N2O2.